The number of benzene rings is 1. The van der Waals surface area contributed by atoms with Crippen molar-refractivity contribution in [3.63, 3.8) is 0 Å². The number of carbonyl (C=O) groups is 2. The molecule has 0 saturated heterocycles. The number of rotatable bonds is 8. The van der Waals surface area contributed by atoms with Crippen LogP contribution in [0.2, 0.25) is 0 Å². The van der Waals surface area contributed by atoms with E-state index in [1.807, 2.05) is 0 Å². The van der Waals surface area contributed by atoms with Gasteiger partial charge in [-0.05, 0) is 36.1 Å². The van der Waals surface area contributed by atoms with Crippen LogP contribution in [0.5, 0.6) is 0 Å². The molecule has 20 heavy (non-hydrogen) atoms. The fourth-order valence-corrected chi connectivity index (χ4v) is 2.07. The molecule has 0 unspecified atom stereocenters. The van der Waals surface area contributed by atoms with Gasteiger partial charge in [0.1, 0.15) is 0 Å². The van der Waals surface area contributed by atoms with Crippen molar-refractivity contribution in [2.24, 2.45) is 0 Å². The molecule has 0 spiro atoms. The van der Waals surface area contributed by atoms with Gasteiger partial charge in [0.25, 0.3) is 0 Å². The standard InChI is InChI=1S/C14H18O6/c1-19-7-5-9-10(6-8-20-2)12(14(17)18)4-3-11(9)13(15)16/h3-4H,5-8H2,1-2H3,(H,15,16)(H,17,18). The monoisotopic (exact) mass is 282 g/mol. The summed E-state index contributed by atoms with van der Waals surface area (Å²) in [5.41, 5.74) is 1.21. The van der Waals surface area contributed by atoms with Crippen molar-refractivity contribution < 1.29 is 29.3 Å². The molecule has 110 valence electrons. The van der Waals surface area contributed by atoms with Crippen molar-refractivity contribution in [2.45, 2.75) is 12.8 Å². The Morgan fingerprint density at radius 3 is 1.50 bits per heavy atom. The summed E-state index contributed by atoms with van der Waals surface area (Å²) >= 11 is 0. The number of carboxylic acids is 2. The largest absolute Gasteiger partial charge is 0.478 e. The minimum atomic E-state index is -1.08. The van der Waals surface area contributed by atoms with E-state index in [0.29, 0.717) is 37.2 Å². The van der Waals surface area contributed by atoms with E-state index in [1.54, 1.807) is 0 Å². The Bertz CT molecular complexity index is 450. The zero-order valence-electron chi connectivity index (χ0n) is 11.5. The minimum absolute atomic E-state index is 0.109. The minimum Gasteiger partial charge on any atom is -0.478 e. The van der Waals surface area contributed by atoms with Crippen LogP contribution in [0.15, 0.2) is 12.1 Å². The number of aromatic carboxylic acids is 2. The summed E-state index contributed by atoms with van der Waals surface area (Å²) in [4.78, 5) is 22.5. The quantitative estimate of drug-likeness (QED) is 0.749. The molecule has 0 bridgehead atoms. The van der Waals surface area contributed by atoms with Gasteiger partial charge in [-0.25, -0.2) is 9.59 Å². The second-order valence-corrected chi connectivity index (χ2v) is 4.21. The van der Waals surface area contributed by atoms with Crippen LogP contribution in [-0.2, 0) is 22.3 Å². The van der Waals surface area contributed by atoms with Crippen LogP contribution in [0.1, 0.15) is 31.8 Å². The Labute approximate surface area is 116 Å². The van der Waals surface area contributed by atoms with E-state index in [9.17, 15) is 19.8 Å². The van der Waals surface area contributed by atoms with Crippen LogP contribution in [0.25, 0.3) is 0 Å². The van der Waals surface area contributed by atoms with Gasteiger partial charge in [0.05, 0.1) is 24.3 Å². The molecule has 0 fully saturated rings. The van der Waals surface area contributed by atoms with Crippen LogP contribution in [0.3, 0.4) is 0 Å². The molecule has 1 aromatic carbocycles. The van der Waals surface area contributed by atoms with Crippen molar-refractivity contribution in [1.82, 2.24) is 0 Å². The molecule has 2 N–H and O–H groups in total. The number of ether oxygens (including phenoxy) is 2. The van der Waals surface area contributed by atoms with Crippen molar-refractivity contribution in [3.8, 4) is 0 Å². The molecular weight excluding hydrogens is 264 g/mol. The number of hydrogen-bond acceptors (Lipinski definition) is 4. The maximum Gasteiger partial charge on any atom is 0.335 e. The van der Waals surface area contributed by atoms with Crippen LogP contribution >= 0.6 is 0 Å². The normalized spacial score (nSPS) is 10.5. The highest BCUT2D eigenvalue weighted by molar-refractivity contribution is 5.95. The molecule has 0 aliphatic heterocycles. The molecule has 0 aliphatic carbocycles. The molecule has 1 aromatic rings. The smallest absolute Gasteiger partial charge is 0.335 e. The van der Waals surface area contributed by atoms with Crippen molar-refractivity contribution in [2.75, 3.05) is 27.4 Å². The van der Waals surface area contributed by atoms with Gasteiger partial charge in [0, 0.05) is 14.2 Å². The fraction of sp³-hybridized carbons (Fsp3) is 0.429. The molecule has 6 nitrogen and oxygen atoms in total. The van der Waals surface area contributed by atoms with E-state index < -0.39 is 11.9 Å². The highest BCUT2D eigenvalue weighted by Gasteiger charge is 2.20. The molecule has 0 heterocycles. The van der Waals surface area contributed by atoms with Crippen molar-refractivity contribution in [3.05, 3.63) is 34.4 Å². The number of methoxy groups -OCH3 is 2. The molecule has 0 saturated carbocycles. The molecule has 0 radical (unpaired) electrons. The van der Waals surface area contributed by atoms with Gasteiger partial charge in [-0.2, -0.15) is 0 Å². The Kier molecular flexibility index (Phi) is 6.14. The molecule has 0 atom stereocenters. The zero-order valence-corrected chi connectivity index (χ0v) is 11.5. The summed E-state index contributed by atoms with van der Waals surface area (Å²) in [7, 11) is 3.02. The Balaban J connectivity index is 3.37. The van der Waals surface area contributed by atoms with E-state index in [1.165, 1.54) is 26.4 Å². The van der Waals surface area contributed by atoms with Gasteiger partial charge < -0.3 is 19.7 Å². The van der Waals surface area contributed by atoms with Gasteiger partial charge in [-0.15, -0.1) is 0 Å². The zero-order chi connectivity index (χ0) is 15.1. The SMILES string of the molecule is COCCc1c(C(=O)O)ccc(C(=O)O)c1CCOC. The fourth-order valence-electron chi connectivity index (χ4n) is 2.07. The van der Waals surface area contributed by atoms with E-state index in [0.717, 1.165) is 0 Å². The maximum atomic E-state index is 11.3. The predicted octanol–water partition coefficient (Wildman–Crippen LogP) is 1.46. The van der Waals surface area contributed by atoms with Crippen LogP contribution in [0.4, 0.5) is 0 Å². The summed E-state index contributed by atoms with van der Waals surface area (Å²) in [6.07, 6.45) is 0.691. The lowest BCUT2D eigenvalue weighted by atomic mass is 9.92. The summed E-state index contributed by atoms with van der Waals surface area (Å²) in [6, 6.07) is 2.65. The third-order valence-corrected chi connectivity index (χ3v) is 3.00. The van der Waals surface area contributed by atoms with E-state index >= 15 is 0 Å². The van der Waals surface area contributed by atoms with Gasteiger partial charge in [0.15, 0.2) is 0 Å². The second kappa shape index (κ2) is 7.62. The molecule has 0 aliphatic rings. The third kappa shape index (κ3) is 3.79. The lowest BCUT2D eigenvalue weighted by molar-refractivity contribution is 0.0678. The maximum absolute atomic E-state index is 11.3. The molecule has 1 rings (SSSR count). The molecule has 0 aromatic heterocycles. The highest BCUT2D eigenvalue weighted by atomic mass is 16.5. The van der Waals surface area contributed by atoms with Crippen molar-refractivity contribution in [1.29, 1.82) is 0 Å². The van der Waals surface area contributed by atoms with E-state index in [4.69, 9.17) is 9.47 Å². The van der Waals surface area contributed by atoms with E-state index in [2.05, 4.69) is 0 Å². The molecule has 0 amide bonds. The molecular formula is C14H18O6. The van der Waals surface area contributed by atoms with Crippen LogP contribution in [-0.4, -0.2) is 49.6 Å². The Hall–Kier alpha value is -1.92. The van der Waals surface area contributed by atoms with Crippen LogP contribution in [0, 0.1) is 0 Å². The summed E-state index contributed by atoms with van der Waals surface area (Å²) in [5, 5.41) is 18.4. The first-order chi connectivity index (χ1) is 9.52. The lowest BCUT2D eigenvalue weighted by Gasteiger charge is -2.15. The first-order valence-corrected chi connectivity index (χ1v) is 6.12. The first kappa shape index (κ1) is 16.1. The molecule has 6 heteroatoms. The van der Waals surface area contributed by atoms with Crippen LogP contribution < -0.4 is 0 Å². The van der Waals surface area contributed by atoms with E-state index in [-0.39, 0.29) is 11.1 Å². The van der Waals surface area contributed by atoms with Gasteiger partial charge >= 0.3 is 11.9 Å². The summed E-state index contributed by atoms with van der Waals surface area (Å²) < 4.78 is 9.94. The summed E-state index contributed by atoms with van der Waals surface area (Å²) in [5.74, 6) is -2.15. The average molecular weight is 282 g/mol. The lowest BCUT2D eigenvalue weighted by Crippen LogP contribution is -2.15. The Morgan fingerprint density at radius 2 is 1.25 bits per heavy atom. The van der Waals surface area contributed by atoms with Gasteiger partial charge in [-0.3, -0.25) is 0 Å². The predicted molar refractivity (Wildman–Crippen MR) is 71.5 cm³/mol. The third-order valence-electron chi connectivity index (χ3n) is 3.00. The average Bonchev–Trinajstić information content (AvgIpc) is 2.41. The Morgan fingerprint density at radius 1 is 0.900 bits per heavy atom. The topological polar surface area (TPSA) is 93.1 Å². The number of carboxylic acid groups (broad SMARTS) is 2. The van der Waals surface area contributed by atoms with Gasteiger partial charge in [0.2, 0.25) is 0 Å². The highest BCUT2D eigenvalue weighted by Crippen LogP contribution is 2.22. The number of hydrogen-bond donors (Lipinski definition) is 2. The second-order valence-electron chi connectivity index (χ2n) is 4.21. The van der Waals surface area contributed by atoms with Crippen molar-refractivity contribution >= 4 is 11.9 Å². The van der Waals surface area contributed by atoms with Gasteiger partial charge in [-0.1, -0.05) is 0 Å². The first-order valence-electron chi connectivity index (χ1n) is 6.12. The summed E-state index contributed by atoms with van der Waals surface area (Å²) in [6.45, 7) is 0.646.